The minimum Gasteiger partial charge on any atom is -0.453 e. The highest BCUT2D eigenvalue weighted by Crippen LogP contribution is 2.40. The first-order valence-electron chi connectivity index (χ1n) is 15.5. The number of carbonyl (C=O) groups is 4. The van der Waals surface area contributed by atoms with Crippen molar-refractivity contribution in [2.24, 2.45) is 16.2 Å². The van der Waals surface area contributed by atoms with Gasteiger partial charge in [-0.2, -0.15) is 5.10 Å². The van der Waals surface area contributed by atoms with Crippen molar-refractivity contribution >= 4 is 50.7 Å². The predicted molar refractivity (Wildman–Crippen MR) is 189 cm³/mol. The first-order chi connectivity index (χ1) is 24.9. The molecule has 15 heteroatoms. The summed E-state index contributed by atoms with van der Waals surface area (Å²) in [5, 5.41) is 23.5. The highest BCUT2D eigenvalue weighted by molar-refractivity contribution is 7.89. The quantitative estimate of drug-likeness (QED) is 0.0562. The maximum Gasteiger partial charge on any atom is 0.339 e. The van der Waals surface area contributed by atoms with E-state index in [1.165, 1.54) is 42.5 Å². The summed E-state index contributed by atoms with van der Waals surface area (Å²) in [6.45, 7) is 0. The molecule has 260 valence electrons. The number of hydrazone groups is 1. The Balaban J connectivity index is 1.54. The molecule has 6 rings (SSSR count). The van der Waals surface area contributed by atoms with Gasteiger partial charge in [0, 0.05) is 28.9 Å². The summed E-state index contributed by atoms with van der Waals surface area (Å²) in [5.41, 5.74) is 3.13. The van der Waals surface area contributed by atoms with Crippen LogP contribution in [0.4, 0.5) is 11.4 Å². The monoisotopic (exact) mass is 717 g/mol. The fraction of sp³-hybridized carbons (Fsp3) is 0.0541. The van der Waals surface area contributed by atoms with E-state index in [2.05, 4.69) is 15.8 Å². The summed E-state index contributed by atoms with van der Waals surface area (Å²) in [6.07, 6.45) is -1.44. The molecule has 2 amide bonds. The van der Waals surface area contributed by atoms with Crippen LogP contribution in [0.3, 0.4) is 0 Å². The number of nitro groups is 1. The summed E-state index contributed by atoms with van der Waals surface area (Å²) >= 11 is 0. The van der Waals surface area contributed by atoms with Gasteiger partial charge in [0.25, 0.3) is 17.5 Å². The standard InChI is InChI=1S/C37H27N5O9S/c38-52(49,50)30-20-9-8-19-29(30)35(44)41-40-32(26-16-5-4-15-25(26)22-11-2-1-3-12-22)31(34-27-17-6-7-18-28(27)37(46)51-34)33(43)36(45)39-23-13-10-14-24(21-23)42(47)48/h1-21,31,34H,(H,39,45)(H,41,44)(H2,38,49,50)/b40-32+/t31-,34+/m0/s1. The van der Waals surface area contributed by atoms with Crippen molar-refractivity contribution in [2.45, 2.75) is 11.0 Å². The maximum atomic E-state index is 14.5. The molecule has 5 aromatic rings. The molecule has 4 N–H and O–H groups in total. The van der Waals surface area contributed by atoms with Crippen LogP contribution in [0, 0.1) is 16.0 Å². The molecule has 0 radical (unpaired) electrons. The summed E-state index contributed by atoms with van der Waals surface area (Å²) in [4.78, 5) is 65.2. The van der Waals surface area contributed by atoms with Gasteiger partial charge in [-0.3, -0.25) is 24.5 Å². The van der Waals surface area contributed by atoms with Crippen LogP contribution in [0.2, 0.25) is 0 Å². The molecule has 0 saturated carbocycles. The van der Waals surface area contributed by atoms with Crippen molar-refractivity contribution in [1.29, 1.82) is 0 Å². The van der Waals surface area contributed by atoms with E-state index in [1.807, 2.05) is 0 Å². The van der Waals surface area contributed by atoms with Gasteiger partial charge < -0.3 is 10.1 Å². The van der Waals surface area contributed by atoms with Crippen LogP contribution in [-0.2, 0) is 24.3 Å². The van der Waals surface area contributed by atoms with E-state index in [0.29, 0.717) is 11.1 Å². The summed E-state index contributed by atoms with van der Waals surface area (Å²) in [6, 6.07) is 31.9. The summed E-state index contributed by atoms with van der Waals surface area (Å²) < 4.78 is 30.4. The zero-order chi connectivity index (χ0) is 37.0. The minimum absolute atomic E-state index is 0.0637. The lowest BCUT2D eigenvalue weighted by Crippen LogP contribution is -2.40. The van der Waals surface area contributed by atoms with Gasteiger partial charge >= 0.3 is 5.97 Å². The van der Waals surface area contributed by atoms with E-state index < -0.39 is 55.4 Å². The van der Waals surface area contributed by atoms with E-state index in [1.54, 1.807) is 72.8 Å². The Morgan fingerprint density at radius 1 is 0.808 bits per heavy atom. The van der Waals surface area contributed by atoms with Crippen LogP contribution in [0.25, 0.3) is 11.1 Å². The molecule has 5 aromatic carbocycles. The molecule has 14 nitrogen and oxygen atoms in total. The van der Waals surface area contributed by atoms with Crippen LogP contribution < -0.4 is 15.9 Å². The smallest absolute Gasteiger partial charge is 0.339 e. The van der Waals surface area contributed by atoms with Gasteiger partial charge in [0.2, 0.25) is 15.8 Å². The number of amides is 2. The number of nitro benzene ring substituents is 1. The molecule has 52 heavy (non-hydrogen) atoms. The molecule has 2 atom stereocenters. The van der Waals surface area contributed by atoms with Gasteiger partial charge in [-0.25, -0.2) is 23.8 Å². The molecule has 0 spiro atoms. The van der Waals surface area contributed by atoms with E-state index >= 15 is 0 Å². The van der Waals surface area contributed by atoms with E-state index in [9.17, 15) is 37.7 Å². The van der Waals surface area contributed by atoms with Crippen molar-refractivity contribution in [2.75, 3.05) is 5.32 Å². The number of hydrogen-bond donors (Lipinski definition) is 3. The Kier molecular flexibility index (Phi) is 9.80. The van der Waals surface area contributed by atoms with Gasteiger partial charge in [0.1, 0.15) is 12.0 Å². The Bertz CT molecular complexity index is 2400. The Morgan fingerprint density at radius 3 is 2.15 bits per heavy atom. The average molecular weight is 718 g/mol. The number of nitrogens with one attached hydrogen (secondary N) is 2. The van der Waals surface area contributed by atoms with Crippen LogP contribution in [0.5, 0.6) is 0 Å². The number of primary sulfonamides is 1. The van der Waals surface area contributed by atoms with Crippen molar-refractivity contribution < 1.29 is 37.3 Å². The van der Waals surface area contributed by atoms with Crippen LogP contribution in [0.1, 0.15) is 37.9 Å². The lowest BCUT2D eigenvalue weighted by atomic mass is 9.82. The number of non-ortho nitro benzene ring substituents is 1. The van der Waals surface area contributed by atoms with Crippen LogP contribution in [-0.4, -0.2) is 42.6 Å². The molecule has 0 bridgehead atoms. The highest BCUT2D eigenvalue weighted by atomic mass is 32.2. The molecule has 1 heterocycles. The fourth-order valence-corrected chi connectivity index (χ4v) is 6.54. The number of anilines is 1. The predicted octanol–water partition coefficient (Wildman–Crippen LogP) is 4.78. The number of nitrogens with two attached hydrogens (primary N) is 1. The Hall–Kier alpha value is -6.84. The van der Waals surface area contributed by atoms with Gasteiger partial charge in [-0.05, 0) is 35.4 Å². The van der Waals surface area contributed by atoms with Crippen LogP contribution >= 0.6 is 0 Å². The number of sulfonamides is 1. The third kappa shape index (κ3) is 7.21. The van der Waals surface area contributed by atoms with Gasteiger partial charge in [0.15, 0.2) is 0 Å². The molecule has 0 saturated heterocycles. The number of esters is 1. The second kappa shape index (κ2) is 14.6. The number of ether oxygens (including phenoxy) is 1. The number of cyclic esters (lactones) is 1. The topological polar surface area (TPSA) is 217 Å². The number of rotatable bonds is 11. The van der Waals surface area contributed by atoms with Crippen molar-refractivity contribution in [3.63, 3.8) is 0 Å². The van der Waals surface area contributed by atoms with Crippen molar-refractivity contribution in [1.82, 2.24) is 5.43 Å². The molecule has 0 aromatic heterocycles. The summed E-state index contributed by atoms with van der Waals surface area (Å²) in [7, 11) is -4.36. The lowest BCUT2D eigenvalue weighted by Gasteiger charge is -2.25. The number of nitrogens with zero attached hydrogens (tertiary/aromatic N) is 2. The molecule has 0 fully saturated rings. The first-order valence-corrected chi connectivity index (χ1v) is 17.0. The molecule has 1 aliphatic rings. The van der Waals surface area contributed by atoms with Crippen LogP contribution in [0.15, 0.2) is 137 Å². The van der Waals surface area contributed by atoms with E-state index in [0.717, 1.165) is 12.1 Å². The molecule has 0 unspecified atom stereocenters. The molecule has 0 aliphatic carbocycles. The van der Waals surface area contributed by atoms with Gasteiger partial charge in [-0.1, -0.05) is 91.0 Å². The fourth-order valence-electron chi connectivity index (χ4n) is 5.80. The zero-order valence-corrected chi connectivity index (χ0v) is 27.6. The zero-order valence-electron chi connectivity index (χ0n) is 26.8. The third-order valence-corrected chi connectivity index (χ3v) is 9.11. The third-order valence-electron chi connectivity index (χ3n) is 8.14. The number of Topliss-reactive ketones (excluding diaryl/α,β-unsaturated/α-hetero) is 1. The molecule has 1 aliphatic heterocycles. The number of hydrogen-bond acceptors (Lipinski definition) is 10. The number of ketones is 1. The Morgan fingerprint density at radius 2 is 1.44 bits per heavy atom. The maximum absolute atomic E-state index is 14.5. The molecular formula is C37H27N5O9S. The summed E-state index contributed by atoms with van der Waals surface area (Å²) in [5.74, 6) is -5.94. The second-order valence-electron chi connectivity index (χ2n) is 11.4. The number of fused-ring (bicyclic) bond motifs is 1. The molecular weight excluding hydrogens is 691 g/mol. The van der Waals surface area contributed by atoms with E-state index in [-0.39, 0.29) is 39.3 Å². The van der Waals surface area contributed by atoms with Crippen molar-refractivity contribution in [3.8, 4) is 11.1 Å². The number of benzene rings is 5. The number of carbonyl (C=O) groups excluding carboxylic acids is 4. The lowest BCUT2D eigenvalue weighted by molar-refractivity contribution is -0.384. The van der Waals surface area contributed by atoms with Gasteiger partial charge in [0.05, 0.1) is 26.7 Å². The highest BCUT2D eigenvalue weighted by Gasteiger charge is 2.46. The first kappa shape index (κ1) is 35.0. The van der Waals surface area contributed by atoms with Crippen molar-refractivity contribution in [3.05, 3.63) is 160 Å². The van der Waals surface area contributed by atoms with E-state index in [4.69, 9.17) is 9.88 Å². The largest absolute Gasteiger partial charge is 0.453 e. The Labute approximate surface area is 296 Å². The normalized spacial score (nSPS) is 14.4. The SMILES string of the molecule is NS(=O)(=O)c1ccccc1C(=O)N/N=C(\c1ccccc1-c1ccccc1)[C@@H](C(=O)C(=O)Nc1cccc([N+](=O)[O-])c1)[C@@H]1OC(=O)c2ccccc21. The van der Waals surface area contributed by atoms with Gasteiger partial charge in [-0.15, -0.1) is 0 Å². The average Bonchev–Trinajstić information content (AvgIpc) is 3.48. The second-order valence-corrected chi connectivity index (χ2v) is 12.9. The minimum atomic E-state index is -4.36.